The number of aromatic nitrogens is 3. The Kier molecular flexibility index (Phi) is 3.80. The van der Waals surface area contributed by atoms with E-state index in [4.69, 9.17) is 5.73 Å². The summed E-state index contributed by atoms with van der Waals surface area (Å²) < 4.78 is 39.3. The third kappa shape index (κ3) is 2.98. The van der Waals surface area contributed by atoms with Gasteiger partial charge in [0.25, 0.3) is 5.91 Å². The molecule has 0 unspecified atom stereocenters. The lowest BCUT2D eigenvalue weighted by molar-refractivity contribution is -0.137. The molecule has 122 valence electrons. The molecular formula is C16H11F3N4O. The molecule has 3 aromatic rings. The predicted molar refractivity (Wildman–Crippen MR) is 80.3 cm³/mol. The van der Waals surface area contributed by atoms with Crippen molar-refractivity contribution in [3.8, 4) is 17.1 Å². The van der Waals surface area contributed by atoms with Crippen molar-refractivity contribution in [2.24, 2.45) is 5.73 Å². The van der Waals surface area contributed by atoms with E-state index in [0.717, 1.165) is 12.1 Å². The lowest BCUT2D eigenvalue weighted by Crippen LogP contribution is -2.15. The molecule has 2 aromatic heterocycles. The van der Waals surface area contributed by atoms with E-state index < -0.39 is 17.6 Å². The molecule has 24 heavy (non-hydrogen) atoms. The second-order valence-electron chi connectivity index (χ2n) is 4.98. The van der Waals surface area contributed by atoms with E-state index in [1.54, 1.807) is 12.3 Å². The molecule has 1 amide bonds. The molecule has 0 aliphatic carbocycles. The molecular weight excluding hydrogens is 321 g/mol. The van der Waals surface area contributed by atoms with Crippen LogP contribution in [0.3, 0.4) is 0 Å². The number of carbonyl (C=O) groups excluding carboxylic acids is 1. The van der Waals surface area contributed by atoms with Crippen LogP contribution >= 0.6 is 0 Å². The molecule has 0 saturated heterocycles. The third-order valence-electron chi connectivity index (χ3n) is 3.39. The fourth-order valence-corrected chi connectivity index (χ4v) is 2.21. The molecule has 0 radical (unpaired) electrons. The number of amides is 1. The summed E-state index contributed by atoms with van der Waals surface area (Å²) in [5, 5.41) is 0. The van der Waals surface area contributed by atoms with Crippen molar-refractivity contribution in [3.63, 3.8) is 0 Å². The molecule has 8 heteroatoms. The van der Waals surface area contributed by atoms with Gasteiger partial charge in [0.1, 0.15) is 6.33 Å². The number of carbonyl (C=O) groups is 1. The number of rotatable bonds is 3. The van der Waals surface area contributed by atoms with Crippen LogP contribution in [0.5, 0.6) is 0 Å². The number of nitrogens with zero attached hydrogens (tertiary/aromatic N) is 3. The molecule has 0 bridgehead atoms. The van der Waals surface area contributed by atoms with E-state index in [9.17, 15) is 18.0 Å². The zero-order valence-corrected chi connectivity index (χ0v) is 12.2. The van der Waals surface area contributed by atoms with Crippen molar-refractivity contribution in [3.05, 3.63) is 66.2 Å². The number of primary amides is 1. The summed E-state index contributed by atoms with van der Waals surface area (Å²) in [7, 11) is 0. The van der Waals surface area contributed by atoms with Crippen LogP contribution in [0.2, 0.25) is 0 Å². The number of hydrogen-bond donors (Lipinski definition) is 1. The maximum atomic E-state index is 12.6. The quantitative estimate of drug-likeness (QED) is 0.801. The maximum Gasteiger partial charge on any atom is 0.416 e. The van der Waals surface area contributed by atoms with Gasteiger partial charge in [0.2, 0.25) is 0 Å². The minimum absolute atomic E-state index is 0.217. The van der Waals surface area contributed by atoms with Crippen LogP contribution in [0.1, 0.15) is 15.9 Å². The van der Waals surface area contributed by atoms with Crippen molar-refractivity contribution >= 4 is 5.91 Å². The molecule has 5 nitrogen and oxygen atoms in total. The maximum absolute atomic E-state index is 12.6. The van der Waals surface area contributed by atoms with Crippen molar-refractivity contribution < 1.29 is 18.0 Å². The van der Waals surface area contributed by atoms with Gasteiger partial charge in [0.05, 0.1) is 16.8 Å². The number of imidazole rings is 1. The van der Waals surface area contributed by atoms with Crippen LogP contribution < -0.4 is 5.73 Å². The topological polar surface area (TPSA) is 73.8 Å². The average molecular weight is 332 g/mol. The second kappa shape index (κ2) is 5.80. The first-order valence-electron chi connectivity index (χ1n) is 6.83. The lowest BCUT2D eigenvalue weighted by Gasteiger charge is -2.06. The van der Waals surface area contributed by atoms with Gasteiger partial charge in [-0.2, -0.15) is 13.2 Å². The van der Waals surface area contributed by atoms with Crippen molar-refractivity contribution in [1.82, 2.24) is 14.5 Å². The Balaban J connectivity index is 1.96. The molecule has 0 spiro atoms. The highest BCUT2D eigenvalue weighted by Gasteiger charge is 2.30. The minimum atomic E-state index is -4.39. The number of halogens is 3. The van der Waals surface area contributed by atoms with E-state index in [1.807, 2.05) is 0 Å². The van der Waals surface area contributed by atoms with Crippen LogP contribution in [0, 0.1) is 0 Å². The molecule has 0 fully saturated rings. The van der Waals surface area contributed by atoms with Crippen LogP contribution in [0.25, 0.3) is 17.1 Å². The van der Waals surface area contributed by atoms with Crippen LogP contribution in [-0.4, -0.2) is 20.4 Å². The Morgan fingerprint density at radius 1 is 1.08 bits per heavy atom. The standard InChI is InChI=1S/C16H11F3N4O/c17-16(18,19)11-5-3-10(4-6-11)13-8-23(9-22-13)15-12(14(20)24)2-1-7-21-15/h1-9H,(H2,20,24). The lowest BCUT2D eigenvalue weighted by atomic mass is 10.1. The van der Waals surface area contributed by atoms with Gasteiger partial charge in [0.15, 0.2) is 5.82 Å². The number of alkyl halides is 3. The first kappa shape index (κ1) is 15.7. The largest absolute Gasteiger partial charge is 0.416 e. The highest BCUT2D eigenvalue weighted by Crippen LogP contribution is 2.30. The van der Waals surface area contributed by atoms with Gasteiger partial charge in [-0.05, 0) is 24.3 Å². The van der Waals surface area contributed by atoms with Crippen LogP contribution in [0.15, 0.2) is 55.1 Å². The molecule has 0 aliphatic rings. The van der Waals surface area contributed by atoms with Crippen LogP contribution in [-0.2, 0) is 6.18 Å². The summed E-state index contributed by atoms with van der Waals surface area (Å²) in [6.45, 7) is 0. The van der Waals surface area contributed by atoms with E-state index in [1.165, 1.54) is 35.3 Å². The highest BCUT2D eigenvalue weighted by atomic mass is 19.4. The van der Waals surface area contributed by atoms with Gasteiger partial charge >= 0.3 is 6.18 Å². The second-order valence-corrected chi connectivity index (χ2v) is 4.98. The SMILES string of the molecule is NC(=O)c1cccnc1-n1cnc(-c2ccc(C(F)(F)F)cc2)c1. The molecule has 0 saturated carbocycles. The summed E-state index contributed by atoms with van der Waals surface area (Å²) in [6, 6.07) is 7.76. The summed E-state index contributed by atoms with van der Waals surface area (Å²) in [5.41, 5.74) is 5.76. The average Bonchev–Trinajstić information content (AvgIpc) is 3.04. The first-order chi connectivity index (χ1) is 11.4. The zero-order chi connectivity index (χ0) is 17.3. The zero-order valence-electron chi connectivity index (χ0n) is 12.2. The van der Waals surface area contributed by atoms with Gasteiger partial charge in [-0.25, -0.2) is 9.97 Å². The van der Waals surface area contributed by atoms with Gasteiger partial charge in [0, 0.05) is 18.0 Å². The van der Waals surface area contributed by atoms with Gasteiger partial charge in [-0.3, -0.25) is 9.36 Å². The highest BCUT2D eigenvalue weighted by molar-refractivity contribution is 5.95. The summed E-state index contributed by atoms with van der Waals surface area (Å²) >= 11 is 0. The summed E-state index contributed by atoms with van der Waals surface area (Å²) in [5.74, 6) is -0.335. The van der Waals surface area contributed by atoms with Crippen molar-refractivity contribution in [2.75, 3.05) is 0 Å². The fraction of sp³-hybridized carbons (Fsp3) is 0.0625. The molecule has 2 heterocycles. The molecule has 0 atom stereocenters. The Morgan fingerprint density at radius 2 is 1.79 bits per heavy atom. The monoisotopic (exact) mass is 332 g/mol. The summed E-state index contributed by atoms with van der Waals surface area (Å²) in [6.07, 6.45) is 0.0982. The Hall–Kier alpha value is -3.16. The van der Waals surface area contributed by atoms with E-state index in [0.29, 0.717) is 17.1 Å². The Morgan fingerprint density at radius 3 is 2.42 bits per heavy atom. The predicted octanol–water partition coefficient (Wildman–Crippen LogP) is 3.05. The van der Waals surface area contributed by atoms with E-state index in [-0.39, 0.29) is 5.56 Å². The van der Waals surface area contributed by atoms with Crippen molar-refractivity contribution in [1.29, 1.82) is 0 Å². The minimum Gasteiger partial charge on any atom is -0.365 e. The summed E-state index contributed by atoms with van der Waals surface area (Å²) in [4.78, 5) is 19.7. The molecule has 3 rings (SSSR count). The normalized spacial score (nSPS) is 11.5. The smallest absolute Gasteiger partial charge is 0.365 e. The Labute approximate surface area is 134 Å². The molecule has 2 N–H and O–H groups in total. The van der Waals surface area contributed by atoms with Gasteiger partial charge in [-0.15, -0.1) is 0 Å². The number of pyridine rings is 1. The number of hydrogen-bond acceptors (Lipinski definition) is 3. The number of nitrogens with two attached hydrogens (primary N) is 1. The molecule has 1 aromatic carbocycles. The van der Waals surface area contributed by atoms with Crippen molar-refractivity contribution in [2.45, 2.75) is 6.18 Å². The van der Waals surface area contributed by atoms with E-state index >= 15 is 0 Å². The third-order valence-corrected chi connectivity index (χ3v) is 3.39. The Bertz CT molecular complexity index is 885. The number of benzene rings is 1. The molecule has 0 aliphatic heterocycles. The van der Waals surface area contributed by atoms with E-state index in [2.05, 4.69) is 9.97 Å². The van der Waals surface area contributed by atoms with Gasteiger partial charge in [-0.1, -0.05) is 12.1 Å². The van der Waals surface area contributed by atoms with Gasteiger partial charge < -0.3 is 5.73 Å². The fourth-order valence-electron chi connectivity index (χ4n) is 2.21. The van der Waals surface area contributed by atoms with Crippen LogP contribution in [0.4, 0.5) is 13.2 Å². The first-order valence-corrected chi connectivity index (χ1v) is 6.83.